The van der Waals surface area contributed by atoms with Crippen molar-refractivity contribution in [2.75, 3.05) is 20.2 Å². The average Bonchev–Trinajstić information content (AvgIpc) is 2.43. The second kappa shape index (κ2) is 7.14. The zero-order valence-electron chi connectivity index (χ0n) is 12.0. The molecule has 1 aromatic carbocycles. The quantitative estimate of drug-likeness (QED) is 0.793. The first-order chi connectivity index (χ1) is 8.98. The Morgan fingerprint density at radius 3 is 2.47 bits per heavy atom. The van der Waals surface area contributed by atoms with Crippen molar-refractivity contribution in [1.29, 1.82) is 0 Å². The third kappa shape index (κ3) is 5.30. The molecule has 1 amide bonds. The van der Waals surface area contributed by atoms with E-state index in [0.29, 0.717) is 18.7 Å². The monoisotopic (exact) mass is 264 g/mol. The Morgan fingerprint density at radius 2 is 1.95 bits per heavy atom. The predicted molar refractivity (Wildman–Crippen MR) is 77.4 cm³/mol. The highest BCUT2D eigenvalue weighted by Crippen LogP contribution is 2.20. The standard InChI is InChI=1S/C15H24N2O2/c1-15(2,9-4-10-16)11-17-14(18)12-5-7-13(19-3)8-6-12/h5-8H,4,9-11,16H2,1-3H3,(H,17,18). The zero-order valence-corrected chi connectivity index (χ0v) is 12.0. The molecule has 1 rings (SSSR count). The van der Waals surface area contributed by atoms with E-state index in [2.05, 4.69) is 19.2 Å². The molecule has 0 bridgehead atoms. The minimum absolute atomic E-state index is 0.0523. The number of hydrogen-bond acceptors (Lipinski definition) is 3. The summed E-state index contributed by atoms with van der Waals surface area (Å²) < 4.78 is 5.06. The van der Waals surface area contributed by atoms with Crippen LogP contribution in [-0.4, -0.2) is 26.1 Å². The Bertz CT molecular complexity index is 399. The average molecular weight is 264 g/mol. The number of nitrogens with one attached hydrogen (secondary N) is 1. The number of nitrogens with two attached hydrogens (primary N) is 1. The number of carbonyl (C=O) groups is 1. The van der Waals surface area contributed by atoms with Gasteiger partial charge in [0.05, 0.1) is 7.11 Å². The number of carbonyl (C=O) groups excluding carboxylic acids is 1. The van der Waals surface area contributed by atoms with Crippen molar-refractivity contribution in [1.82, 2.24) is 5.32 Å². The lowest BCUT2D eigenvalue weighted by Gasteiger charge is -2.24. The summed E-state index contributed by atoms with van der Waals surface area (Å²) in [5, 5.41) is 2.97. The molecule has 0 radical (unpaired) electrons. The fourth-order valence-corrected chi connectivity index (χ4v) is 1.83. The van der Waals surface area contributed by atoms with Crippen LogP contribution in [0.15, 0.2) is 24.3 Å². The molecule has 0 saturated carbocycles. The molecular formula is C15H24N2O2. The summed E-state index contributed by atoms with van der Waals surface area (Å²) in [6, 6.07) is 7.10. The molecule has 0 heterocycles. The minimum atomic E-state index is -0.0523. The molecular weight excluding hydrogens is 240 g/mol. The maximum atomic E-state index is 12.0. The Balaban J connectivity index is 2.50. The number of rotatable bonds is 7. The smallest absolute Gasteiger partial charge is 0.251 e. The van der Waals surface area contributed by atoms with Gasteiger partial charge in [-0.05, 0) is 49.1 Å². The summed E-state index contributed by atoms with van der Waals surface area (Å²) in [6.07, 6.45) is 1.98. The SMILES string of the molecule is COc1ccc(C(=O)NCC(C)(C)CCCN)cc1. The van der Waals surface area contributed by atoms with Gasteiger partial charge in [0, 0.05) is 12.1 Å². The molecule has 0 aliphatic rings. The van der Waals surface area contributed by atoms with E-state index in [0.717, 1.165) is 18.6 Å². The first-order valence-corrected chi connectivity index (χ1v) is 6.61. The summed E-state index contributed by atoms with van der Waals surface area (Å²) in [5.74, 6) is 0.698. The fraction of sp³-hybridized carbons (Fsp3) is 0.533. The first kappa shape index (κ1) is 15.5. The van der Waals surface area contributed by atoms with Crippen molar-refractivity contribution in [3.05, 3.63) is 29.8 Å². The Kier molecular flexibility index (Phi) is 5.83. The molecule has 0 fully saturated rings. The van der Waals surface area contributed by atoms with E-state index in [-0.39, 0.29) is 11.3 Å². The van der Waals surface area contributed by atoms with Crippen molar-refractivity contribution in [3.8, 4) is 5.75 Å². The summed E-state index contributed by atoms with van der Waals surface area (Å²) in [4.78, 5) is 12.0. The molecule has 0 aliphatic carbocycles. The van der Waals surface area contributed by atoms with Crippen LogP contribution in [0.2, 0.25) is 0 Å². The van der Waals surface area contributed by atoms with Gasteiger partial charge in [-0.25, -0.2) is 0 Å². The lowest BCUT2D eigenvalue weighted by atomic mass is 9.87. The van der Waals surface area contributed by atoms with Crippen LogP contribution in [0.4, 0.5) is 0 Å². The molecule has 19 heavy (non-hydrogen) atoms. The van der Waals surface area contributed by atoms with Crippen molar-refractivity contribution >= 4 is 5.91 Å². The second-order valence-corrected chi connectivity index (χ2v) is 5.47. The summed E-state index contributed by atoms with van der Waals surface area (Å²) in [5.41, 5.74) is 6.23. The Morgan fingerprint density at radius 1 is 1.32 bits per heavy atom. The van der Waals surface area contributed by atoms with Crippen molar-refractivity contribution in [3.63, 3.8) is 0 Å². The lowest BCUT2D eigenvalue weighted by Crippen LogP contribution is -2.34. The molecule has 0 unspecified atom stereocenters. The van der Waals surface area contributed by atoms with E-state index < -0.39 is 0 Å². The highest BCUT2D eigenvalue weighted by Gasteiger charge is 2.18. The van der Waals surface area contributed by atoms with Crippen LogP contribution < -0.4 is 15.8 Å². The van der Waals surface area contributed by atoms with Crippen LogP contribution >= 0.6 is 0 Å². The lowest BCUT2D eigenvalue weighted by molar-refractivity contribution is 0.0934. The highest BCUT2D eigenvalue weighted by molar-refractivity contribution is 5.94. The largest absolute Gasteiger partial charge is 0.497 e. The predicted octanol–water partition coefficient (Wildman–Crippen LogP) is 2.19. The van der Waals surface area contributed by atoms with Crippen molar-refractivity contribution < 1.29 is 9.53 Å². The van der Waals surface area contributed by atoms with E-state index in [9.17, 15) is 4.79 Å². The second-order valence-electron chi connectivity index (χ2n) is 5.47. The molecule has 0 spiro atoms. The molecule has 4 nitrogen and oxygen atoms in total. The molecule has 3 N–H and O–H groups in total. The maximum Gasteiger partial charge on any atom is 0.251 e. The van der Waals surface area contributed by atoms with Crippen LogP contribution in [0.25, 0.3) is 0 Å². The van der Waals surface area contributed by atoms with Crippen molar-refractivity contribution in [2.45, 2.75) is 26.7 Å². The van der Waals surface area contributed by atoms with Gasteiger partial charge in [-0.2, -0.15) is 0 Å². The summed E-state index contributed by atoms with van der Waals surface area (Å²) >= 11 is 0. The highest BCUT2D eigenvalue weighted by atomic mass is 16.5. The van der Waals surface area contributed by atoms with Gasteiger partial charge in [-0.15, -0.1) is 0 Å². The van der Waals surface area contributed by atoms with E-state index >= 15 is 0 Å². The summed E-state index contributed by atoms with van der Waals surface area (Å²) in [6.45, 7) is 5.61. The van der Waals surface area contributed by atoms with Gasteiger partial charge in [0.2, 0.25) is 0 Å². The van der Waals surface area contributed by atoms with Gasteiger partial charge < -0.3 is 15.8 Å². The molecule has 0 aromatic heterocycles. The Labute approximate surface area is 115 Å². The molecule has 1 aromatic rings. The third-order valence-electron chi connectivity index (χ3n) is 3.14. The molecule has 0 aliphatic heterocycles. The molecule has 4 heteroatoms. The first-order valence-electron chi connectivity index (χ1n) is 6.61. The fourth-order valence-electron chi connectivity index (χ4n) is 1.83. The number of methoxy groups -OCH3 is 1. The minimum Gasteiger partial charge on any atom is -0.497 e. The van der Waals surface area contributed by atoms with E-state index in [1.165, 1.54) is 0 Å². The number of hydrogen-bond donors (Lipinski definition) is 2. The van der Waals surface area contributed by atoms with Crippen LogP contribution in [0.1, 0.15) is 37.0 Å². The van der Waals surface area contributed by atoms with E-state index in [1.807, 2.05) is 0 Å². The van der Waals surface area contributed by atoms with Crippen LogP contribution in [0.5, 0.6) is 5.75 Å². The number of ether oxygens (including phenoxy) is 1. The molecule has 0 saturated heterocycles. The zero-order chi connectivity index (χ0) is 14.3. The molecule has 0 atom stereocenters. The van der Waals surface area contributed by atoms with Gasteiger partial charge in [0.15, 0.2) is 0 Å². The van der Waals surface area contributed by atoms with Crippen molar-refractivity contribution in [2.24, 2.45) is 11.1 Å². The third-order valence-corrected chi connectivity index (χ3v) is 3.14. The van der Waals surface area contributed by atoms with E-state index in [4.69, 9.17) is 10.5 Å². The van der Waals surface area contributed by atoms with Crippen LogP contribution in [0.3, 0.4) is 0 Å². The van der Waals surface area contributed by atoms with Crippen LogP contribution in [0, 0.1) is 5.41 Å². The topological polar surface area (TPSA) is 64.3 Å². The maximum absolute atomic E-state index is 12.0. The Hall–Kier alpha value is -1.55. The van der Waals surface area contributed by atoms with Gasteiger partial charge in [-0.3, -0.25) is 4.79 Å². The van der Waals surface area contributed by atoms with Gasteiger partial charge in [0.1, 0.15) is 5.75 Å². The normalized spacial score (nSPS) is 11.2. The molecule has 106 valence electrons. The number of benzene rings is 1. The van der Waals surface area contributed by atoms with Gasteiger partial charge >= 0.3 is 0 Å². The van der Waals surface area contributed by atoms with E-state index in [1.54, 1.807) is 31.4 Å². The number of amides is 1. The van der Waals surface area contributed by atoms with Gasteiger partial charge in [0.25, 0.3) is 5.91 Å². The van der Waals surface area contributed by atoms with Crippen LogP contribution in [-0.2, 0) is 0 Å². The van der Waals surface area contributed by atoms with Gasteiger partial charge in [-0.1, -0.05) is 13.8 Å². The summed E-state index contributed by atoms with van der Waals surface area (Å²) in [7, 11) is 1.61.